The van der Waals surface area contributed by atoms with E-state index < -0.39 is 0 Å². The van der Waals surface area contributed by atoms with Crippen molar-refractivity contribution in [3.05, 3.63) is 58.6 Å². The van der Waals surface area contributed by atoms with Gasteiger partial charge in [0, 0.05) is 10.6 Å². The van der Waals surface area contributed by atoms with E-state index in [1.165, 1.54) is 14.0 Å². The van der Waals surface area contributed by atoms with Gasteiger partial charge in [-0.25, -0.2) is 0 Å². The van der Waals surface area contributed by atoms with E-state index in [9.17, 15) is 9.59 Å². The average Bonchev–Trinajstić information content (AvgIpc) is 2.65. The van der Waals surface area contributed by atoms with Crippen LogP contribution in [-0.4, -0.2) is 25.4 Å². The first kappa shape index (κ1) is 19.8. The van der Waals surface area contributed by atoms with Crippen LogP contribution in [-0.2, 0) is 4.79 Å². The number of amides is 1. The van der Waals surface area contributed by atoms with Gasteiger partial charge < -0.3 is 14.8 Å². The normalized spacial score (nSPS) is 11.5. The first-order valence-electron chi connectivity index (χ1n) is 8.31. The zero-order chi connectivity index (χ0) is 19.1. The van der Waals surface area contributed by atoms with Crippen molar-refractivity contribution in [1.29, 1.82) is 0 Å². The maximum Gasteiger partial charge on any atom is 0.258 e. The maximum absolute atomic E-state index is 12.2. The Morgan fingerprint density at radius 2 is 1.81 bits per heavy atom. The molecule has 138 valence electrons. The van der Waals surface area contributed by atoms with Gasteiger partial charge in [-0.1, -0.05) is 30.7 Å². The van der Waals surface area contributed by atoms with Crippen LogP contribution >= 0.6 is 11.6 Å². The molecule has 26 heavy (non-hydrogen) atoms. The molecule has 0 bridgehead atoms. The monoisotopic (exact) mass is 375 g/mol. The predicted molar refractivity (Wildman–Crippen MR) is 101 cm³/mol. The smallest absolute Gasteiger partial charge is 0.258 e. The third-order valence-corrected chi connectivity index (χ3v) is 4.20. The number of Topliss-reactive ketones (excluding diaryl/α,β-unsaturated/α-hetero) is 1. The van der Waals surface area contributed by atoms with Crippen LogP contribution in [0.2, 0.25) is 5.02 Å². The number of hydrogen-bond acceptors (Lipinski definition) is 4. The third kappa shape index (κ3) is 5.23. The van der Waals surface area contributed by atoms with Gasteiger partial charge in [0.15, 0.2) is 23.9 Å². The van der Waals surface area contributed by atoms with Gasteiger partial charge in [-0.15, -0.1) is 0 Å². The summed E-state index contributed by atoms with van der Waals surface area (Å²) < 4.78 is 10.8. The molecule has 1 N–H and O–H groups in total. The second kappa shape index (κ2) is 9.25. The summed E-state index contributed by atoms with van der Waals surface area (Å²) in [7, 11) is 1.49. The summed E-state index contributed by atoms with van der Waals surface area (Å²) in [6, 6.07) is 12.1. The van der Waals surface area contributed by atoms with Crippen LogP contribution in [0, 0.1) is 0 Å². The minimum absolute atomic E-state index is 0.0682. The lowest BCUT2D eigenvalue weighted by atomic mass is 10.0. The van der Waals surface area contributed by atoms with Crippen LogP contribution in [0.5, 0.6) is 11.5 Å². The molecule has 6 heteroatoms. The van der Waals surface area contributed by atoms with Crippen molar-refractivity contribution in [3.8, 4) is 11.5 Å². The van der Waals surface area contributed by atoms with Crippen LogP contribution in [0.15, 0.2) is 42.5 Å². The molecule has 1 unspecified atom stereocenters. The zero-order valence-electron chi connectivity index (χ0n) is 15.0. The molecule has 0 saturated carbocycles. The van der Waals surface area contributed by atoms with Crippen LogP contribution in [0.4, 0.5) is 0 Å². The molecule has 0 spiro atoms. The fourth-order valence-electron chi connectivity index (χ4n) is 2.50. The molecule has 1 amide bonds. The molecule has 2 aromatic rings. The van der Waals surface area contributed by atoms with Gasteiger partial charge in [0.2, 0.25) is 0 Å². The molecule has 0 aliphatic heterocycles. The molecular weight excluding hydrogens is 354 g/mol. The van der Waals surface area contributed by atoms with Gasteiger partial charge in [0.1, 0.15) is 0 Å². The topological polar surface area (TPSA) is 64.6 Å². The molecule has 5 nitrogen and oxygen atoms in total. The molecule has 0 aliphatic carbocycles. The summed E-state index contributed by atoms with van der Waals surface area (Å²) in [6.07, 6.45) is 0.740. The van der Waals surface area contributed by atoms with E-state index in [-0.39, 0.29) is 24.3 Å². The van der Waals surface area contributed by atoms with Gasteiger partial charge in [0.25, 0.3) is 5.91 Å². The van der Waals surface area contributed by atoms with E-state index >= 15 is 0 Å². The van der Waals surface area contributed by atoms with Crippen LogP contribution in [0.3, 0.4) is 0 Å². The number of hydrogen-bond donors (Lipinski definition) is 1. The lowest BCUT2D eigenvalue weighted by Crippen LogP contribution is -2.32. The van der Waals surface area contributed by atoms with Gasteiger partial charge in [-0.05, 0) is 49.2 Å². The number of methoxy groups -OCH3 is 1. The zero-order valence-corrected chi connectivity index (χ0v) is 15.8. The maximum atomic E-state index is 12.2. The Balaban J connectivity index is 1.99. The number of benzene rings is 2. The highest BCUT2D eigenvalue weighted by molar-refractivity contribution is 6.30. The number of ketones is 1. The molecule has 0 aromatic heterocycles. The van der Waals surface area contributed by atoms with E-state index in [1.54, 1.807) is 30.3 Å². The molecule has 0 fully saturated rings. The first-order valence-corrected chi connectivity index (χ1v) is 8.69. The van der Waals surface area contributed by atoms with E-state index in [1.807, 2.05) is 19.1 Å². The Hall–Kier alpha value is -2.53. The standard InChI is InChI=1S/C20H22ClNO4/c1-4-17(14-5-8-16(21)9-6-14)22-20(24)12-26-18-10-7-15(13(2)23)11-19(18)25-3/h5-11,17H,4,12H2,1-3H3,(H,22,24). The molecular formula is C20H22ClNO4. The van der Waals surface area contributed by atoms with Crippen molar-refractivity contribution in [3.63, 3.8) is 0 Å². The summed E-state index contributed by atoms with van der Waals surface area (Å²) in [4.78, 5) is 23.7. The predicted octanol–water partition coefficient (Wildman–Crippen LogP) is 4.20. The molecule has 2 aromatic carbocycles. The van der Waals surface area contributed by atoms with Gasteiger partial charge >= 0.3 is 0 Å². The number of carbonyl (C=O) groups excluding carboxylic acids is 2. The quantitative estimate of drug-likeness (QED) is 0.702. The van der Waals surface area contributed by atoms with Crippen molar-refractivity contribution in [2.45, 2.75) is 26.3 Å². The number of ether oxygens (including phenoxy) is 2. The second-order valence-electron chi connectivity index (χ2n) is 5.79. The Bertz CT molecular complexity index is 774. The lowest BCUT2D eigenvalue weighted by Gasteiger charge is -2.18. The van der Waals surface area contributed by atoms with Crippen molar-refractivity contribution in [1.82, 2.24) is 5.32 Å². The molecule has 0 saturated heterocycles. The largest absolute Gasteiger partial charge is 0.493 e. The second-order valence-corrected chi connectivity index (χ2v) is 6.23. The van der Waals surface area contributed by atoms with Crippen molar-refractivity contribution < 1.29 is 19.1 Å². The summed E-state index contributed by atoms with van der Waals surface area (Å²) in [5.41, 5.74) is 1.50. The highest BCUT2D eigenvalue weighted by Gasteiger charge is 2.15. The number of carbonyl (C=O) groups is 2. The molecule has 0 heterocycles. The van der Waals surface area contributed by atoms with Crippen LogP contribution in [0.1, 0.15) is 42.2 Å². The van der Waals surface area contributed by atoms with Gasteiger partial charge in [-0.3, -0.25) is 9.59 Å². The Morgan fingerprint density at radius 1 is 1.12 bits per heavy atom. The SMILES string of the molecule is CCC(NC(=O)COc1ccc(C(C)=O)cc1OC)c1ccc(Cl)cc1. The van der Waals surface area contributed by atoms with Gasteiger partial charge in [0.05, 0.1) is 13.2 Å². The van der Waals surface area contributed by atoms with Crippen LogP contribution < -0.4 is 14.8 Å². The fraction of sp³-hybridized carbons (Fsp3) is 0.300. The Kier molecular flexibility index (Phi) is 7.04. The number of rotatable bonds is 8. The van der Waals surface area contributed by atoms with E-state index in [0.29, 0.717) is 22.1 Å². The van der Waals surface area contributed by atoms with E-state index in [0.717, 1.165) is 12.0 Å². The van der Waals surface area contributed by atoms with E-state index in [2.05, 4.69) is 5.32 Å². The van der Waals surface area contributed by atoms with Crippen LogP contribution in [0.25, 0.3) is 0 Å². The summed E-state index contributed by atoms with van der Waals surface area (Å²) in [6.45, 7) is 3.31. The fourth-order valence-corrected chi connectivity index (χ4v) is 2.63. The number of nitrogens with one attached hydrogen (secondary N) is 1. The van der Waals surface area contributed by atoms with Crippen molar-refractivity contribution >= 4 is 23.3 Å². The highest BCUT2D eigenvalue weighted by atomic mass is 35.5. The molecule has 0 aliphatic rings. The Morgan fingerprint density at radius 3 is 2.38 bits per heavy atom. The van der Waals surface area contributed by atoms with E-state index in [4.69, 9.17) is 21.1 Å². The minimum atomic E-state index is -0.246. The highest BCUT2D eigenvalue weighted by Crippen LogP contribution is 2.28. The first-order chi connectivity index (χ1) is 12.4. The average molecular weight is 376 g/mol. The summed E-state index contributed by atoms with van der Waals surface area (Å²) in [5.74, 6) is 0.508. The minimum Gasteiger partial charge on any atom is -0.493 e. The third-order valence-electron chi connectivity index (χ3n) is 3.94. The molecule has 1 atom stereocenters. The summed E-state index contributed by atoms with van der Waals surface area (Å²) >= 11 is 5.90. The summed E-state index contributed by atoms with van der Waals surface area (Å²) in [5, 5.41) is 3.59. The molecule has 0 radical (unpaired) electrons. The van der Waals surface area contributed by atoms with Crippen molar-refractivity contribution in [2.24, 2.45) is 0 Å². The molecule has 2 rings (SSSR count). The van der Waals surface area contributed by atoms with Crippen molar-refractivity contribution in [2.75, 3.05) is 13.7 Å². The lowest BCUT2D eigenvalue weighted by molar-refractivity contribution is -0.123. The van der Waals surface area contributed by atoms with Gasteiger partial charge in [-0.2, -0.15) is 0 Å². The Labute approximate surface area is 158 Å². The number of halogens is 1.